The Hall–Kier alpha value is -1.40. The molecule has 0 aromatic carbocycles. The van der Waals surface area contributed by atoms with Crippen LogP contribution < -0.4 is 5.73 Å². The Morgan fingerprint density at radius 2 is 2.15 bits per heavy atom. The molecule has 0 saturated heterocycles. The lowest BCUT2D eigenvalue weighted by molar-refractivity contribution is -0.134. The maximum absolute atomic E-state index is 12.4. The van der Waals surface area contributed by atoms with Gasteiger partial charge in [-0.2, -0.15) is 5.10 Å². The first-order valence-corrected chi connectivity index (χ1v) is 7.02. The van der Waals surface area contributed by atoms with Crippen molar-refractivity contribution in [1.29, 1.82) is 0 Å². The lowest BCUT2D eigenvalue weighted by Gasteiger charge is -2.49. The number of hydrogen-bond donors (Lipinski definition) is 1. The van der Waals surface area contributed by atoms with E-state index in [9.17, 15) is 4.79 Å². The quantitative estimate of drug-likeness (QED) is 0.845. The van der Waals surface area contributed by atoms with Crippen LogP contribution in [-0.4, -0.2) is 58.7 Å². The van der Waals surface area contributed by atoms with Crippen LogP contribution in [0.4, 0.5) is 0 Å². The first-order valence-electron chi connectivity index (χ1n) is 7.02. The SMILES string of the molecule is CN(CC1(N(C)C)CCC1)C(=O)C(N)c1cnn(C)c1. The van der Waals surface area contributed by atoms with Crippen LogP contribution in [0.25, 0.3) is 0 Å². The molecule has 2 N–H and O–H groups in total. The van der Waals surface area contributed by atoms with E-state index in [1.807, 2.05) is 14.1 Å². The fourth-order valence-corrected chi connectivity index (χ4v) is 2.83. The molecule has 1 unspecified atom stereocenters. The Balaban J connectivity index is 2.01. The van der Waals surface area contributed by atoms with Gasteiger partial charge in [0, 0.05) is 37.9 Å². The van der Waals surface area contributed by atoms with Crippen LogP contribution in [-0.2, 0) is 11.8 Å². The predicted octanol–water partition coefficient (Wildman–Crippen LogP) is 0.363. The number of aromatic nitrogens is 2. The molecule has 1 aliphatic rings. The summed E-state index contributed by atoms with van der Waals surface area (Å²) in [5.74, 6) is -0.0499. The molecular formula is C14H25N5O. The number of hydrogen-bond acceptors (Lipinski definition) is 4. The van der Waals surface area contributed by atoms with Crippen molar-refractivity contribution in [3.63, 3.8) is 0 Å². The molecule has 1 amide bonds. The van der Waals surface area contributed by atoms with Gasteiger partial charge in [0.25, 0.3) is 0 Å². The van der Waals surface area contributed by atoms with Gasteiger partial charge in [0.05, 0.1) is 6.20 Å². The van der Waals surface area contributed by atoms with E-state index in [0.717, 1.165) is 24.9 Å². The van der Waals surface area contributed by atoms with Gasteiger partial charge in [-0.1, -0.05) is 0 Å². The van der Waals surface area contributed by atoms with Gasteiger partial charge < -0.3 is 15.5 Å². The van der Waals surface area contributed by atoms with Crippen molar-refractivity contribution in [3.05, 3.63) is 18.0 Å². The van der Waals surface area contributed by atoms with Gasteiger partial charge in [-0.25, -0.2) is 0 Å². The second kappa shape index (κ2) is 5.54. The molecule has 1 atom stereocenters. The predicted molar refractivity (Wildman–Crippen MR) is 78.0 cm³/mol. The largest absolute Gasteiger partial charge is 0.342 e. The van der Waals surface area contributed by atoms with Gasteiger partial charge in [0.1, 0.15) is 6.04 Å². The number of amides is 1. The number of nitrogens with two attached hydrogens (primary N) is 1. The summed E-state index contributed by atoms with van der Waals surface area (Å²) < 4.78 is 1.66. The zero-order valence-corrected chi connectivity index (χ0v) is 12.8. The number of likely N-dealkylation sites (N-methyl/N-ethyl adjacent to an activating group) is 2. The van der Waals surface area contributed by atoms with Crippen molar-refractivity contribution >= 4 is 5.91 Å². The van der Waals surface area contributed by atoms with Crippen molar-refractivity contribution < 1.29 is 4.79 Å². The molecule has 1 aromatic heterocycles. The summed E-state index contributed by atoms with van der Waals surface area (Å²) >= 11 is 0. The first kappa shape index (κ1) is 15.0. The highest BCUT2D eigenvalue weighted by atomic mass is 16.2. The number of carbonyl (C=O) groups excluding carboxylic acids is 1. The molecule has 6 heteroatoms. The minimum Gasteiger partial charge on any atom is -0.342 e. The van der Waals surface area contributed by atoms with Crippen molar-refractivity contribution in [3.8, 4) is 0 Å². The summed E-state index contributed by atoms with van der Waals surface area (Å²) in [5.41, 5.74) is 6.93. The molecule has 2 rings (SSSR count). The van der Waals surface area contributed by atoms with Gasteiger partial charge in [-0.15, -0.1) is 0 Å². The monoisotopic (exact) mass is 279 g/mol. The second-order valence-corrected chi connectivity index (χ2v) is 6.09. The van der Waals surface area contributed by atoms with Crippen molar-refractivity contribution in [1.82, 2.24) is 19.6 Å². The summed E-state index contributed by atoms with van der Waals surface area (Å²) in [6.45, 7) is 0.729. The lowest BCUT2D eigenvalue weighted by Crippen LogP contribution is -2.58. The third-order valence-corrected chi connectivity index (χ3v) is 4.49. The minimum atomic E-state index is -0.631. The standard InChI is InChI=1S/C14H25N5O/c1-17(2)14(6-5-7-14)10-18(3)13(20)12(15)11-8-16-19(4)9-11/h8-9,12H,5-7,10,15H2,1-4H3. The molecule has 20 heavy (non-hydrogen) atoms. The highest BCUT2D eigenvalue weighted by Crippen LogP contribution is 2.36. The average molecular weight is 279 g/mol. The molecular weight excluding hydrogens is 254 g/mol. The summed E-state index contributed by atoms with van der Waals surface area (Å²) in [6.07, 6.45) is 6.96. The topological polar surface area (TPSA) is 67.4 Å². The van der Waals surface area contributed by atoms with Gasteiger partial charge in [0.2, 0.25) is 5.91 Å². The van der Waals surface area contributed by atoms with Gasteiger partial charge in [0.15, 0.2) is 0 Å². The molecule has 0 radical (unpaired) electrons. The van der Waals surface area contributed by atoms with Gasteiger partial charge in [-0.3, -0.25) is 9.48 Å². The molecule has 1 saturated carbocycles. The highest BCUT2D eigenvalue weighted by Gasteiger charge is 2.41. The van der Waals surface area contributed by atoms with Gasteiger partial charge in [-0.05, 0) is 33.4 Å². The number of carbonyl (C=O) groups is 1. The normalized spacial score (nSPS) is 18.7. The molecule has 0 aliphatic heterocycles. The molecule has 1 heterocycles. The Bertz CT molecular complexity index is 478. The van der Waals surface area contributed by atoms with Crippen LogP contribution in [0.2, 0.25) is 0 Å². The van der Waals surface area contributed by atoms with E-state index < -0.39 is 6.04 Å². The lowest BCUT2D eigenvalue weighted by atomic mass is 9.75. The zero-order valence-electron chi connectivity index (χ0n) is 12.8. The van der Waals surface area contributed by atoms with Crippen LogP contribution >= 0.6 is 0 Å². The summed E-state index contributed by atoms with van der Waals surface area (Å²) in [6, 6.07) is -0.631. The van der Waals surface area contributed by atoms with E-state index in [0.29, 0.717) is 0 Å². The van der Waals surface area contributed by atoms with Crippen molar-refractivity contribution in [2.45, 2.75) is 30.8 Å². The highest BCUT2D eigenvalue weighted by molar-refractivity contribution is 5.82. The second-order valence-electron chi connectivity index (χ2n) is 6.09. The molecule has 6 nitrogen and oxygen atoms in total. The van der Waals surface area contributed by atoms with E-state index in [4.69, 9.17) is 5.73 Å². The van der Waals surface area contributed by atoms with Crippen LogP contribution in [0.1, 0.15) is 30.9 Å². The van der Waals surface area contributed by atoms with Crippen molar-refractivity contribution in [2.75, 3.05) is 27.7 Å². The van der Waals surface area contributed by atoms with E-state index in [1.165, 1.54) is 6.42 Å². The number of rotatable bonds is 5. The minimum absolute atomic E-state index is 0.0499. The van der Waals surface area contributed by atoms with Crippen molar-refractivity contribution in [2.24, 2.45) is 12.8 Å². The summed E-state index contributed by atoms with van der Waals surface area (Å²) in [7, 11) is 7.82. The van der Waals surface area contributed by atoms with Crippen LogP contribution in [0, 0.1) is 0 Å². The molecule has 1 fully saturated rings. The van der Waals surface area contributed by atoms with E-state index in [-0.39, 0.29) is 11.4 Å². The third-order valence-electron chi connectivity index (χ3n) is 4.49. The summed E-state index contributed by atoms with van der Waals surface area (Å²) in [5, 5.41) is 4.07. The number of nitrogens with zero attached hydrogens (tertiary/aromatic N) is 4. The molecule has 0 bridgehead atoms. The van der Waals surface area contributed by atoms with Gasteiger partial charge >= 0.3 is 0 Å². The maximum atomic E-state index is 12.4. The fourth-order valence-electron chi connectivity index (χ4n) is 2.83. The first-order chi connectivity index (χ1) is 9.35. The Labute approximate surface area is 120 Å². The Kier molecular flexibility index (Phi) is 4.15. The molecule has 0 spiro atoms. The van der Waals surface area contributed by atoms with Crippen LogP contribution in [0.3, 0.4) is 0 Å². The van der Waals surface area contributed by atoms with E-state index >= 15 is 0 Å². The van der Waals surface area contributed by atoms with Crippen LogP contribution in [0.15, 0.2) is 12.4 Å². The summed E-state index contributed by atoms with van der Waals surface area (Å²) in [4.78, 5) is 16.4. The van der Waals surface area contributed by atoms with Crippen LogP contribution in [0.5, 0.6) is 0 Å². The zero-order chi connectivity index (χ0) is 14.9. The molecule has 1 aromatic rings. The fraction of sp³-hybridized carbons (Fsp3) is 0.714. The smallest absolute Gasteiger partial charge is 0.244 e. The van der Waals surface area contributed by atoms with E-state index in [2.05, 4.69) is 24.1 Å². The molecule has 1 aliphatic carbocycles. The third kappa shape index (κ3) is 2.71. The van der Waals surface area contributed by atoms with E-state index in [1.54, 1.807) is 22.0 Å². The Morgan fingerprint density at radius 1 is 1.50 bits per heavy atom. The molecule has 112 valence electrons. The average Bonchev–Trinajstić information content (AvgIpc) is 2.77. The number of aryl methyl sites for hydroxylation is 1. The maximum Gasteiger partial charge on any atom is 0.244 e. The Morgan fingerprint density at radius 3 is 2.55 bits per heavy atom.